The maximum atomic E-state index is 14.3. The van der Waals surface area contributed by atoms with Crippen LogP contribution in [0.15, 0.2) is 84.5 Å². The number of hydrogen-bond acceptors (Lipinski definition) is 2. The van der Waals surface area contributed by atoms with Crippen molar-refractivity contribution in [3.8, 4) is 0 Å². The number of benzene rings is 2. The van der Waals surface area contributed by atoms with Gasteiger partial charge in [-0.1, -0.05) is 99.7 Å². The Labute approximate surface area is 189 Å². The monoisotopic (exact) mass is 452 g/mol. The summed E-state index contributed by atoms with van der Waals surface area (Å²) in [6, 6.07) is 19.9. The summed E-state index contributed by atoms with van der Waals surface area (Å²) in [7, 11) is -4.60. The zero-order valence-corrected chi connectivity index (χ0v) is 21.6. The van der Waals surface area contributed by atoms with Gasteiger partial charge in [-0.2, -0.15) is 0 Å². The van der Waals surface area contributed by atoms with Crippen LogP contribution in [0.5, 0.6) is 0 Å². The van der Waals surface area contributed by atoms with Crippen LogP contribution in [0.3, 0.4) is 0 Å². The minimum atomic E-state index is -2.72. The van der Waals surface area contributed by atoms with Crippen molar-refractivity contribution in [2.75, 3.05) is 6.16 Å². The van der Waals surface area contributed by atoms with Gasteiger partial charge in [0.05, 0.1) is 6.10 Å². The normalized spacial score (nSPS) is 19.6. The Bertz CT molecular complexity index is 928. The zero-order valence-electron chi connectivity index (χ0n) is 19.7. The fourth-order valence-electron chi connectivity index (χ4n) is 3.76. The van der Waals surface area contributed by atoms with Crippen molar-refractivity contribution in [3.05, 3.63) is 84.5 Å². The van der Waals surface area contributed by atoms with E-state index < -0.39 is 15.5 Å². The summed E-state index contributed by atoms with van der Waals surface area (Å²) in [5, 5.41) is 2.02. The Kier molecular flexibility index (Phi) is 7.31. The van der Waals surface area contributed by atoms with Gasteiger partial charge >= 0.3 is 0 Å². The van der Waals surface area contributed by atoms with Gasteiger partial charge in [-0.15, -0.1) is 0 Å². The molecular weight excluding hydrogens is 415 g/mol. The van der Waals surface area contributed by atoms with Crippen LogP contribution in [-0.4, -0.2) is 20.6 Å². The molecule has 4 heteroatoms. The maximum Gasteiger partial charge on any atom is 0.192 e. The van der Waals surface area contributed by atoms with Gasteiger partial charge < -0.3 is 8.99 Å². The molecule has 0 N–H and O–H groups in total. The molecule has 3 rings (SSSR count). The van der Waals surface area contributed by atoms with E-state index in [1.54, 1.807) is 0 Å². The van der Waals surface area contributed by atoms with Crippen molar-refractivity contribution in [2.45, 2.75) is 64.3 Å². The highest BCUT2D eigenvalue weighted by atomic mass is 31.2. The first-order valence-electron chi connectivity index (χ1n) is 11.3. The minimum Gasteiger partial charge on any atom is -0.410 e. The van der Waals surface area contributed by atoms with Gasteiger partial charge in [0.2, 0.25) is 0 Å². The number of allylic oxidation sites excluding steroid dienone is 1. The maximum absolute atomic E-state index is 14.3. The van der Waals surface area contributed by atoms with Crippen LogP contribution < -0.4 is 10.6 Å². The van der Waals surface area contributed by atoms with E-state index >= 15 is 0 Å². The molecule has 166 valence electrons. The highest BCUT2D eigenvalue weighted by Crippen LogP contribution is 2.45. The molecule has 0 aromatic heterocycles. The average molecular weight is 453 g/mol. The number of rotatable bonds is 6. The molecule has 0 saturated heterocycles. The molecule has 2 nitrogen and oxygen atoms in total. The van der Waals surface area contributed by atoms with Gasteiger partial charge in [-0.05, 0) is 43.0 Å². The first kappa shape index (κ1) is 24.0. The summed E-state index contributed by atoms with van der Waals surface area (Å²) in [5.74, 6) is 0. The summed E-state index contributed by atoms with van der Waals surface area (Å²) >= 11 is 0. The van der Waals surface area contributed by atoms with Crippen molar-refractivity contribution in [2.24, 2.45) is 0 Å². The highest BCUT2D eigenvalue weighted by Gasteiger charge is 2.40. The quantitative estimate of drug-likeness (QED) is 0.266. The van der Waals surface area contributed by atoms with Gasteiger partial charge in [-0.3, -0.25) is 0 Å². The van der Waals surface area contributed by atoms with E-state index in [4.69, 9.17) is 4.43 Å². The molecule has 0 unspecified atom stereocenters. The molecule has 1 saturated carbocycles. The van der Waals surface area contributed by atoms with E-state index in [-0.39, 0.29) is 11.1 Å². The lowest BCUT2D eigenvalue weighted by Gasteiger charge is -2.41. The zero-order chi connectivity index (χ0) is 22.7. The first-order valence-corrected chi connectivity index (χ1v) is 16.1. The molecule has 2 aromatic rings. The summed E-state index contributed by atoms with van der Waals surface area (Å²) in [5.41, 5.74) is 2.56. The fourth-order valence-corrected chi connectivity index (χ4v) is 7.62. The van der Waals surface area contributed by atoms with E-state index in [0.29, 0.717) is 6.16 Å². The van der Waals surface area contributed by atoms with Gasteiger partial charge in [0, 0.05) is 16.8 Å². The Morgan fingerprint density at radius 2 is 1.52 bits per heavy atom. The van der Waals surface area contributed by atoms with Gasteiger partial charge in [0.1, 0.15) is 7.14 Å². The first-order chi connectivity index (χ1) is 14.5. The lowest BCUT2D eigenvalue weighted by Crippen LogP contribution is -2.45. The Morgan fingerprint density at radius 1 is 1.00 bits per heavy atom. The second-order valence-corrected chi connectivity index (χ2v) is 17.8. The van der Waals surface area contributed by atoms with Gasteiger partial charge in [-0.25, -0.2) is 0 Å². The fraction of sp³-hybridized carbons (Fsp3) is 0.407. The summed E-state index contributed by atoms with van der Waals surface area (Å²) < 4.78 is 21.0. The van der Waals surface area contributed by atoms with Crippen LogP contribution in [0.1, 0.15) is 40.0 Å². The van der Waals surface area contributed by atoms with Crippen LogP contribution in [-0.2, 0) is 8.99 Å². The second kappa shape index (κ2) is 9.44. The van der Waals surface area contributed by atoms with Gasteiger partial charge in [0.15, 0.2) is 8.32 Å². The molecule has 0 aliphatic heterocycles. The molecule has 1 fully saturated rings. The highest BCUT2D eigenvalue weighted by molar-refractivity contribution is 7.78. The third-order valence-electron chi connectivity index (χ3n) is 6.90. The molecule has 1 aliphatic rings. The van der Waals surface area contributed by atoms with Crippen LogP contribution >= 0.6 is 7.14 Å². The second-order valence-electron chi connectivity index (χ2n) is 10.2. The standard InChI is InChI=1S/C27H37O2PSi/c1-22-17-18-23(21-26(22)29-31(5,6)27(2,3)4)19-20-30(28,24-13-9-7-10-14-24)25-15-11-8-12-16-25/h7-16,19,26H,1,17-18,20-21H2,2-6H3/b23-19-/t26-/m1/s1. The summed E-state index contributed by atoms with van der Waals surface area (Å²) in [6.07, 6.45) is 5.67. The minimum absolute atomic E-state index is 0.0775. The van der Waals surface area contributed by atoms with Crippen molar-refractivity contribution in [1.82, 2.24) is 0 Å². The smallest absolute Gasteiger partial charge is 0.192 e. The van der Waals surface area contributed by atoms with E-state index in [2.05, 4.69) is 46.5 Å². The van der Waals surface area contributed by atoms with E-state index in [0.717, 1.165) is 29.9 Å². The Hall–Kier alpha value is -1.67. The molecule has 0 spiro atoms. The molecule has 1 aliphatic carbocycles. The predicted octanol–water partition coefficient (Wildman–Crippen LogP) is 7.06. The molecular formula is C27H37O2PSi. The molecule has 0 amide bonds. The molecule has 0 bridgehead atoms. The van der Waals surface area contributed by atoms with Crippen molar-refractivity contribution >= 4 is 26.1 Å². The summed E-state index contributed by atoms with van der Waals surface area (Å²) in [6.45, 7) is 15.7. The Morgan fingerprint density at radius 3 is 2.00 bits per heavy atom. The van der Waals surface area contributed by atoms with Crippen LogP contribution in [0, 0.1) is 0 Å². The molecule has 1 atom stereocenters. The Balaban J connectivity index is 1.84. The average Bonchev–Trinajstić information content (AvgIpc) is 2.74. The molecule has 2 aromatic carbocycles. The van der Waals surface area contributed by atoms with E-state index in [1.165, 1.54) is 11.1 Å². The van der Waals surface area contributed by atoms with Crippen molar-refractivity contribution < 1.29 is 8.99 Å². The largest absolute Gasteiger partial charge is 0.410 e. The third-order valence-corrected chi connectivity index (χ3v) is 14.3. The van der Waals surface area contributed by atoms with E-state index in [9.17, 15) is 4.57 Å². The van der Waals surface area contributed by atoms with E-state index in [1.807, 2.05) is 60.7 Å². The van der Waals surface area contributed by atoms with Crippen LogP contribution in [0.2, 0.25) is 18.1 Å². The lowest BCUT2D eigenvalue weighted by molar-refractivity contribution is 0.201. The third kappa shape index (κ3) is 5.58. The molecule has 0 heterocycles. The van der Waals surface area contributed by atoms with Crippen LogP contribution in [0.4, 0.5) is 0 Å². The lowest BCUT2D eigenvalue weighted by atomic mass is 9.89. The summed E-state index contributed by atoms with van der Waals surface area (Å²) in [4.78, 5) is 0. The molecule has 31 heavy (non-hydrogen) atoms. The van der Waals surface area contributed by atoms with Crippen molar-refractivity contribution in [3.63, 3.8) is 0 Å². The van der Waals surface area contributed by atoms with Crippen molar-refractivity contribution in [1.29, 1.82) is 0 Å². The predicted molar refractivity (Wildman–Crippen MR) is 138 cm³/mol. The number of hydrogen-bond donors (Lipinski definition) is 0. The van der Waals surface area contributed by atoms with Gasteiger partial charge in [0.25, 0.3) is 0 Å². The topological polar surface area (TPSA) is 26.3 Å². The van der Waals surface area contributed by atoms with Crippen LogP contribution in [0.25, 0.3) is 0 Å². The SMILES string of the molecule is C=C1CC/C(=C/CP(=O)(c2ccccc2)c2ccccc2)C[C@H]1O[Si](C)(C)C(C)(C)C. The molecule has 0 radical (unpaired) electrons.